The highest BCUT2D eigenvalue weighted by Crippen LogP contribution is 2.33. The summed E-state index contributed by atoms with van der Waals surface area (Å²) < 4.78 is 48.0. The van der Waals surface area contributed by atoms with Crippen molar-refractivity contribution in [3.63, 3.8) is 0 Å². The first-order chi connectivity index (χ1) is 12.2. The van der Waals surface area contributed by atoms with E-state index in [1.807, 2.05) is 6.92 Å². The van der Waals surface area contributed by atoms with Crippen LogP contribution in [0.2, 0.25) is 0 Å². The number of amides is 1. The molecule has 0 spiro atoms. The molecule has 26 heavy (non-hydrogen) atoms. The summed E-state index contributed by atoms with van der Waals surface area (Å²) in [6, 6.07) is 7.74. The van der Waals surface area contributed by atoms with Gasteiger partial charge in [-0.05, 0) is 42.8 Å². The van der Waals surface area contributed by atoms with Crippen LogP contribution < -0.4 is 20.1 Å². The summed E-state index contributed by atoms with van der Waals surface area (Å²) >= 11 is 0. The predicted molar refractivity (Wildman–Crippen MR) is 92.8 cm³/mol. The highest BCUT2D eigenvalue weighted by Gasteiger charge is 2.29. The average Bonchev–Trinajstić information content (AvgIpc) is 2.60. The van der Waals surface area contributed by atoms with Gasteiger partial charge >= 0.3 is 6.18 Å². The number of anilines is 2. The van der Waals surface area contributed by atoms with Gasteiger partial charge in [0.1, 0.15) is 0 Å². The first-order valence-electron chi connectivity index (χ1n) is 7.68. The molecule has 0 unspecified atom stereocenters. The molecule has 2 rings (SSSR count). The molecule has 140 valence electrons. The molecule has 2 aromatic carbocycles. The molecule has 0 bridgehead atoms. The Morgan fingerprint density at radius 3 is 2.15 bits per heavy atom. The number of alkyl halides is 3. The third-order valence-corrected chi connectivity index (χ3v) is 3.67. The summed E-state index contributed by atoms with van der Waals surface area (Å²) in [6.45, 7) is 1.79. The van der Waals surface area contributed by atoms with Crippen LogP contribution in [0, 0.1) is 6.92 Å². The van der Waals surface area contributed by atoms with Crippen LogP contribution >= 0.6 is 0 Å². The number of aryl methyl sites for hydroxylation is 1. The minimum Gasteiger partial charge on any atom is -0.493 e. The number of rotatable bonds is 6. The average molecular weight is 368 g/mol. The van der Waals surface area contributed by atoms with E-state index in [1.54, 1.807) is 12.1 Å². The SMILES string of the molecule is COc1cc(C)c(NCC(=O)Nc2ccc(C(F)(F)F)cc2)cc1OC. The van der Waals surface area contributed by atoms with Gasteiger partial charge in [0.05, 0.1) is 26.3 Å². The molecule has 0 radical (unpaired) electrons. The fourth-order valence-corrected chi connectivity index (χ4v) is 2.29. The molecule has 2 aromatic rings. The van der Waals surface area contributed by atoms with Gasteiger partial charge in [0.15, 0.2) is 11.5 Å². The molecule has 5 nitrogen and oxygen atoms in total. The summed E-state index contributed by atoms with van der Waals surface area (Å²) in [5.41, 5.74) is 1.05. The van der Waals surface area contributed by atoms with Crippen LogP contribution in [0.25, 0.3) is 0 Å². The van der Waals surface area contributed by atoms with Crippen molar-refractivity contribution < 1.29 is 27.4 Å². The first kappa shape index (κ1) is 19.4. The Kier molecular flexibility index (Phi) is 5.97. The Labute approximate surface area is 149 Å². The monoisotopic (exact) mass is 368 g/mol. The van der Waals surface area contributed by atoms with E-state index < -0.39 is 11.7 Å². The number of hydrogen-bond donors (Lipinski definition) is 2. The second-order valence-electron chi connectivity index (χ2n) is 5.50. The molecule has 0 saturated heterocycles. The van der Waals surface area contributed by atoms with Gasteiger partial charge < -0.3 is 20.1 Å². The number of methoxy groups -OCH3 is 2. The molecule has 0 saturated carbocycles. The first-order valence-corrected chi connectivity index (χ1v) is 7.68. The molecule has 0 atom stereocenters. The number of nitrogens with one attached hydrogen (secondary N) is 2. The fourth-order valence-electron chi connectivity index (χ4n) is 2.29. The van der Waals surface area contributed by atoms with Gasteiger partial charge in [-0.15, -0.1) is 0 Å². The van der Waals surface area contributed by atoms with Gasteiger partial charge in [-0.25, -0.2) is 0 Å². The second kappa shape index (κ2) is 7.99. The molecule has 0 aliphatic carbocycles. The topological polar surface area (TPSA) is 59.6 Å². The number of ether oxygens (including phenoxy) is 2. The Morgan fingerprint density at radius 2 is 1.62 bits per heavy atom. The van der Waals surface area contributed by atoms with Gasteiger partial charge in [-0.1, -0.05) is 0 Å². The summed E-state index contributed by atoms with van der Waals surface area (Å²) in [5.74, 6) is 0.701. The molecule has 1 amide bonds. The lowest BCUT2D eigenvalue weighted by molar-refractivity contribution is -0.137. The van der Waals surface area contributed by atoms with Crippen molar-refractivity contribution in [1.82, 2.24) is 0 Å². The van der Waals surface area contributed by atoms with Crippen molar-refractivity contribution in [2.45, 2.75) is 13.1 Å². The molecule has 0 aliphatic heterocycles. The van der Waals surface area contributed by atoms with E-state index in [0.29, 0.717) is 17.2 Å². The van der Waals surface area contributed by atoms with Crippen LogP contribution in [0.3, 0.4) is 0 Å². The van der Waals surface area contributed by atoms with Gasteiger partial charge in [0.2, 0.25) is 5.91 Å². The third kappa shape index (κ3) is 4.81. The van der Waals surface area contributed by atoms with Crippen molar-refractivity contribution >= 4 is 17.3 Å². The highest BCUT2D eigenvalue weighted by atomic mass is 19.4. The Balaban J connectivity index is 1.99. The van der Waals surface area contributed by atoms with E-state index in [1.165, 1.54) is 26.4 Å². The molecule has 0 heterocycles. The molecular formula is C18H19F3N2O3. The van der Waals surface area contributed by atoms with Crippen LogP contribution in [-0.2, 0) is 11.0 Å². The standard InChI is InChI=1S/C18H19F3N2O3/c1-11-8-15(25-2)16(26-3)9-14(11)22-10-17(24)23-13-6-4-12(5-7-13)18(19,20)21/h4-9,22H,10H2,1-3H3,(H,23,24). The number of carbonyl (C=O) groups is 1. The van der Waals surface area contributed by atoms with Crippen molar-refractivity contribution in [2.75, 3.05) is 31.4 Å². The molecule has 2 N–H and O–H groups in total. The zero-order valence-corrected chi connectivity index (χ0v) is 14.5. The lowest BCUT2D eigenvalue weighted by atomic mass is 10.1. The maximum absolute atomic E-state index is 12.5. The van der Waals surface area contributed by atoms with Crippen LogP contribution in [0.1, 0.15) is 11.1 Å². The molecule has 0 aromatic heterocycles. The van der Waals surface area contributed by atoms with Crippen LogP contribution in [0.5, 0.6) is 11.5 Å². The normalized spacial score (nSPS) is 11.0. The van der Waals surface area contributed by atoms with Crippen LogP contribution in [-0.4, -0.2) is 26.7 Å². The second-order valence-corrected chi connectivity index (χ2v) is 5.50. The lowest BCUT2D eigenvalue weighted by Crippen LogP contribution is -2.22. The van der Waals surface area contributed by atoms with Gasteiger partial charge in [0, 0.05) is 17.4 Å². The molecular weight excluding hydrogens is 349 g/mol. The largest absolute Gasteiger partial charge is 0.493 e. The van der Waals surface area contributed by atoms with Crippen molar-refractivity contribution in [3.05, 3.63) is 47.5 Å². The zero-order chi connectivity index (χ0) is 19.3. The predicted octanol–water partition coefficient (Wildman–Crippen LogP) is 4.08. The minimum atomic E-state index is -4.41. The van der Waals surface area contributed by atoms with Crippen LogP contribution in [0.4, 0.5) is 24.5 Å². The van der Waals surface area contributed by atoms with Gasteiger partial charge in [-0.3, -0.25) is 4.79 Å². The summed E-state index contributed by atoms with van der Waals surface area (Å²) in [5, 5.41) is 5.50. The summed E-state index contributed by atoms with van der Waals surface area (Å²) in [6.07, 6.45) is -4.41. The van der Waals surface area contributed by atoms with Gasteiger partial charge in [0.25, 0.3) is 0 Å². The quantitative estimate of drug-likeness (QED) is 0.807. The fraction of sp³-hybridized carbons (Fsp3) is 0.278. The van der Waals surface area contributed by atoms with E-state index in [-0.39, 0.29) is 18.1 Å². The van der Waals surface area contributed by atoms with Crippen molar-refractivity contribution in [2.24, 2.45) is 0 Å². The Morgan fingerprint density at radius 1 is 1.04 bits per heavy atom. The highest BCUT2D eigenvalue weighted by molar-refractivity contribution is 5.93. The van der Waals surface area contributed by atoms with E-state index in [9.17, 15) is 18.0 Å². The maximum atomic E-state index is 12.5. The zero-order valence-electron chi connectivity index (χ0n) is 14.5. The maximum Gasteiger partial charge on any atom is 0.416 e. The minimum absolute atomic E-state index is 0.0582. The lowest BCUT2D eigenvalue weighted by Gasteiger charge is -2.14. The summed E-state index contributed by atoms with van der Waals surface area (Å²) in [7, 11) is 3.04. The molecule has 8 heteroatoms. The Hall–Kier alpha value is -2.90. The summed E-state index contributed by atoms with van der Waals surface area (Å²) in [4.78, 5) is 12.0. The smallest absolute Gasteiger partial charge is 0.416 e. The molecule has 0 fully saturated rings. The number of halogens is 3. The Bertz CT molecular complexity index is 774. The van der Waals surface area contributed by atoms with Gasteiger partial charge in [-0.2, -0.15) is 13.2 Å². The molecule has 0 aliphatic rings. The van der Waals surface area contributed by atoms with Crippen molar-refractivity contribution in [3.8, 4) is 11.5 Å². The third-order valence-electron chi connectivity index (χ3n) is 3.67. The number of hydrogen-bond acceptors (Lipinski definition) is 4. The van der Waals surface area contributed by atoms with E-state index in [4.69, 9.17) is 9.47 Å². The van der Waals surface area contributed by atoms with E-state index >= 15 is 0 Å². The van der Waals surface area contributed by atoms with Crippen molar-refractivity contribution in [1.29, 1.82) is 0 Å². The van der Waals surface area contributed by atoms with Crippen LogP contribution in [0.15, 0.2) is 36.4 Å². The van der Waals surface area contributed by atoms with E-state index in [2.05, 4.69) is 10.6 Å². The van der Waals surface area contributed by atoms with E-state index in [0.717, 1.165) is 17.7 Å². The number of benzene rings is 2. The number of carbonyl (C=O) groups excluding carboxylic acids is 1.